The van der Waals surface area contributed by atoms with Gasteiger partial charge in [-0.2, -0.15) is 0 Å². The summed E-state index contributed by atoms with van der Waals surface area (Å²) in [6, 6.07) is 14.5. The first-order chi connectivity index (χ1) is 12.5. The summed E-state index contributed by atoms with van der Waals surface area (Å²) in [5.41, 5.74) is 3.12. The maximum absolute atomic E-state index is 12.3. The molecule has 0 aliphatic carbocycles. The summed E-state index contributed by atoms with van der Waals surface area (Å²) < 4.78 is 5.11. The van der Waals surface area contributed by atoms with E-state index in [1.807, 2.05) is 37.3 Å². The smallest absolute Gasteiger partial charge is 0.310 e. The topological polar surface area (TPSA) is 63.7 Å². The van der Waals surface area contributed by atoms with Gasteiger partial charge in [0.05, 0.1) is 6.42 Å². The Morgan fingerprint density at radius 1 is 1.12 bits per heavy atom. The van der Waals surface area contributed by atoms with Gasteiger partial charge in [0.1, 0.15) is 0 Å². The third-order valence-electron chi connectivity index (χ3n) is 4.39. The molecule has 1 amide bonds. The number of rotatable bonds is 6. The number of nitrogens with zero attached hydrogens (tertiary/aromatic N) is 1. The molecule has 0 unspecified atom stereocenters. The van der Waals surface area contributed by atoms with Crippen molar-refractivity contribution in [3.63, 3.8) is 0 Å². The lowest BCUT2D eigenvalue weighted by Gasteiger charge is -2.16. The standard InChI is InChI=1S/C21H21NO4/c1-15-7-9-16(10-8-15)12-21(25)26-14-19(23)17-4-2-5-18(13-17)22-11-3-6-20(22)24/h2,4-5,7-10,13H,3,6,11-12,14H2,1H3. The van der Waals surface area contributed by atoms with Gasteiger partial charge in [-0.3, -0.25) is 14.4 Å². The molecule has 26 heavy (non-hydrogen) atoms. The van der Waals surface area contributed by atoms with Gasteiger partial charge in [-0.05, 0) is 31.0 Å². The van der Waals surface area contributed by atoms with Crippen LogP contribution in [-0.4, -0.2) is 30.8 Å². The molecule has 5 nitrogen and oxygen atoms in total. The Morgan fingerprint density at radius 3 is 2.58 bits per heavy atom. The van der Waals surface area contributed by atoms with E-state index in [4.69, 9.17) is 4.74 Å². The fraction of sp³-hybridized carbons (Fsp3) is 0.286. The van der Waals surface area contributed by atoms with Gasteiger partial charge in [-0.1, -0.05) is 42.0 Å². The van der Waals surface area contributed by atoms with Crippen LogP contribution in [0.1, 0.15) is 34.3 Å². The van der Waals surface area contributed by atoms with E-state index in [1.165, 1.54) is 0 Å². The molecule has 1 heterocycles. The molecule has 0 saturated carbocycles. The molecule has 3 rings (SSSR count). The van der Waals surface area contributed by atoms with Gasteiger partial charge in [-0.15, -0.1) is 0 Å². The minimum Gasteiger partial charge on any atom is -0.457 e. The number of ether oxygens (including phenoxy) is 1. The van der Waals surface area contributed by atoms with Crippen LogP contribution in [0.3, 0.4) is 0 Å². The molecule has 0 bridgehead atoms. The average Bonchev–Trinajstić information content (AvgIpc) is 3.08. The van der Waals surface area contributed by atoms with E-state index < -0.39 is 5.97 Å². The van der Waals surface area contributed by atoms with E-state index in [0.29, 0.717) is 24.2 Å². The van der Waals surface area contributed by atoms with Crippen LogP contribution < -0.4 is 4.90 Å². The van der Waals surface area contributed by atoms with Gasteiger partial charge in [0, 0.05) is 24.2 Å². The van der Waals surface area contributed by atoms with Gasteiger partial charge in [0.25, 0.3) is 0 Å². The molecule has 2 aromatic carbocycles. The Labute approximate surface area is 152 Å². The number of amides is 1. The number of carbonyl (C=O) groups excluding carboxylic acids is 3. The summed E-state index contributed by atoms with van der Waals surface area (Å²) in [7, 11) is 0. The minimum atomic E-state index is -0.437. The van der Waals surface area contributed by atoms with Crippen LogP contribution in [0.15, 0.2) is 48.5 Å². The van der Waals surface area contributed by atoms with Crippen molar-refractivity contribution in [3.05, 3.63) is 65.2 Å². The van der Waals surface area contributed by atoms with Crippen LogP contribution in [-0.2, 0) is 20.7 Å². The van der Waals surface area contributed by atoms with Gasteiger partial charge in [0.15, 0.2) is 12.4 Å². The second kappa shape index (κ2) is 7.95. The monoisotopic (exact) mass is 351 g/mol. The van der Waals surface area contributed by atoms with Crippen molar-refractivity contribution in [1.82, 2.24) is 0 Å². The highest BCUT2D eigenvalue weighted by atomic mass is 16.5. The van der Waals surface area contributed by atoms with Crippen molar-refractivity contribution in [2.24, 2.45) is 0 Å². The van der Waals surface area contributed by atoms with Crippen LogP contribution >= 0.6 is 0 Å². The Morgan fingerprint density at radius 2 is 1.88 bits per heavy atom. The number of benzene rings is 2. The summed E-state index contributed by atoms with van der Waals surface area (Å²) in [5, 5.41) is 0. The van der Waals surface area contributed by atoms with Gasteiger partial charge in [-0.25, -0.2) is 0 Å². The number of hydrogen-bond donors (Lipinski definition) is 0. The summed E-state index contributed by atoms with van der Waals surface area (Å²) in [4.78, 5) is 37.8. The Balaban J connectivity index is 1.57. The molecular weight excluding hydrogens is 330 g/mol. The van der Waals surface area contributed by atoms with Crippen molar-refractivity contribution in [2.45, 2.75) is 26.2 Å². The van der Waals surface area contributed by atoms with Crippen LogP contribution in [0.25, 0.3) is 0 Å². The van der Waals surface area contributed by atoms with Gasteiger partial charge >= 0.3 is 5.97 Å². The maximum Gasteiger partial charge on any atom is 0.310 e. The van der Waals surface area contributed by atoms with Gasteiger partial charge < -0.3 is 9.64 Å². The predicted octanol–water partition coefficient (Wildman–Crippen LogP) is 3.09. The second-order valence-electron chi connectivity index (χ2n) is 6.45. The molecular formula is C21H21NO4. The first-order valence-electron chi connectivity index (χ1n) is 8.68. The van der Waals surface area contributed by atoms with Crippen molar-refractivity contribution in [3.8, 4) is 0 Å². The third-order valence-corrected chi connectivity index (χ3v) is 4.39. The van der Waals surface area contributed by atoms with E-state index in [2.05, 4.69) is 0 Å². The molecule has 0 atom stereocenters. The van der Waals surface area contributed by atoms with Crippen molar-refractivity contribution in [2.75, 3.05) is 18.1 Å². The molecule has 0 N–H and O–H groups in total. The quantitative estimate of drug-likeness (QED) is 0.593. The first kappa shape index (κ1) is 17.9. The number of carbonyl (C=O) groups is 3. The second-order valence-corrected chi connectivity index (χ2v) is 6.45. The zero-order valence-corrected chi connectivity index (χ0v) is 14.7. The highest BCUT2D eigenvalue weighted by Crippen LogP contribution is 2.22. The van der Waals surface area contributed by atoms with Crippen LogP contribution in [0.2, 0.25) is 0 Å². The molecule has 0 radical (unpaired) electrons. The summed E-state index contributed by atoms with van der Waals surface area (Å²) in [6.07, 6.45) is 1.50. The van der Waals surface area contributed by atoms with Crippen LogP contribution in [0, 0.1) is 6.92 Å². The molecule has 2 aromatic rings. The third kappa shape index (κ3) is 4.36. The van der Waals surface area contributed by atoms with Crippen molar-refractivity contribution < 1.29 is 19.1 Å². The normalized spacial score (nSPS) is 13.7. The Hall–Kier alpha value is -2.95. The molecule has 5 heteroatoms. The maximum atomic E-state index is 12.3. The zero-order valence-electron chi connectivity index (χ0n) is 14.7. The largest absolute Gasteiger partial charge is 0.457 e. The predicted molar refractivity (Wildman–Crippen MR) is 98.2 cm³/mol. The number of Topliss-reactive ketones (excluding diaryl/α,β-unsaturated/α-hetero) is 1. The van der Waals surface area contributed by atoms with Crippen molar-refractivity contribution in [1.29, 1.82) is 0 Å². The van der Waals surface area contributed by atoms with E-state index in [1.54, 1.807) is 23.1 Å². The lowest BCUT2D eigenvalue weighted by Crippen LogP contribution is -2.24. The molecule has 1 fully saturated rings. The van der Waals surface area contributed by atoms with Crippen molar-refractivity contribution >= 4 is 23.3 Å². The number of aryl methyl sites for hydroxylation is 1. The highest BCUT2D eigenvalue weighted by Gasteiger charge is 2.22. The Bertz CT molecular complexity index is 826. The summed E-state index contributed by atoms with van der Waals surface area (Å²) in [5.74, 6) is -0.650. The first-order valence-corrected chi connectivity index (χ1v) is 8.68. The number of esters is 1. The number of ketones is 1. The fourth-order valence-electron chi connectivity index (χ4n) is 2.92. The zero-order chi connectivity index (χ0) is 18.5. The number of hydrogen-bond acceptors (Lipinski definition) is 4. The molecule has 1 saturated heterocycles. The van der Waals surface area contributed by atoms with E-state index in [0.717, 1.165) is 17.5 Å². The lowest BCUT2D eigenvalue weighted by atomic mass is 10.1. The molecule has 0 spiro atoms. The van der Waals surface area contributed by atoms with E-state index >= 15 is 0 Å². The Kier molecular flexibility index (Phi) is 5.46. The molecule has 1 aliphatic rings. The van der Waals surface area contributed by atoms with E-state index in [-0.39, 0.29) is 24.7 Å². The fourth-order valence-corrected chi connectivity index (χ4v) is 2.92. The van der Waals surface area contributed by atoms with Crippen LogP contribution in [0.4, 0.5) is 5.69 Å². The number of anilines is 1. The summed E-state index contributed by atoms with van der Waals surface area (Å²) >= 11 is 0. The van der Waals surface area contributed by atoms with Gasteiger partial charge in [0.2, 0.25) is 5.91 Å². The minimum absolute atomic E-state index is 0.0686. The van der Waals surface area contributed by atoms with Crippen LogP contribution in [0.5, 0.6) is 0 Å². The molecule has 1 aliphatic heterocycles. The molecule has 134 valence electrons. The average molecular weight is 351 g/mol. The summed E-state index contributed by atoms with van der Waals surface area (Å²) in [6.45, 7) is 2.34. The lowest BCUT2D eigenvalue weighted by molar-refractivity contribution is -0.141. The highest BCUT2D eigenvalue weighted by molar-refractivity contribution is 6.01. The SMILES string of the molecule is Cc1ccc(CC(=O)OCC(=O)c2cccc(N3CCCC3=O)c2)cc1. The van der Waals surface area contributed by atoms with E-state index in [9.17, 15) is 14.4 Å². The molecule has 0 aromatic heterocycles.